The van der Waals surface area contributed by atoms with Gasteiger partial charge in [-0.1, -0.05) is 28.9 Å². The maximum atomic E-state index is 13.1. The number of piperidine rings is 1. The maximum Gasteiger partial charge on any atom is 0.416 e. The first-order valence-electron chi connectivity index (χ1n) is 6.61. The molecule has 0 saturated carbocycles. The fourth-order valence-electron chi connectivity index (χ4n) is 2.59. The SMILES string of the molecule is CC1CN(Cc2ccc(Br)cc2C(F)(F)F)CCC1N.Cl. The molecular weight excluding hydrogens is 369 g/mol. The van der Waals surface area contributed by atoms with Crippen molar-refractivity contribution in [1.82, 2.24) is 4.90 Å². The van der Waals surface area contributed by atoms with E-state index in [4.69, 9.17) is 5.73 Å². The summed E-state index contributed by atoms with van der Waals surface area (Å²) in [6.45, 7) is 3.86. The standard InChI is InChI=1S/C14H18BrF3N2.ClH/c1-9-7-20(5-4-13(9)19)8-10-2-3-11(15)6-12(10)14(16,17)18;/h2-3,6,9,13H,4-5,7-8,19H2,1H3;1H. The third-order valence-corrected chi connectivity index (χ3v) is 4.32. The van der Waals surface area contributed by atoms with Crippen molar-refractivity contribution in [2.24, 2.45) is 11.7 Å². The van der Waals surface area contributed by atoms with E-state index in [1.807, 2.05) is 11.8 Å². The monoisotopic (exact) mass is 386 g/mol. The number of likely N-dealkylation sites (tertiary alicyclic amines) is 1. The Morgan fingerprint density at radius 3 is 2.62 bits per heavy atom. The van der Waals surface area contributed by atoms with E-state index in [0.29, 0.717) is 22.5 Å². The molecule has 1 aliphatic rings. The molecule has 1 aromatic carbocycles. The molecule has 1 fully saturated rings. The van der Waals surface area contributed by atoms with Gasteiger partial charge >= 0.3 is 6.18 Å². The summed E-state index contributed by atoms with van der Waals surface area (Å²) >= 11 is 3.10. The molecule has 120 valence electrons. The molecule has 2 nitrogen and oxygen atoms in total. The molecule has 1 aliphatic heterocycles. The van der Waals surface area contributed by atoms with Crippen LogP contribution in [0, 0.1) is 5.92 Å². The van der Waals surface area contributed by atoms with Crippen molar-refractivity contribution in [3.05, 3.63) is 33.8 Å². The molecule has 7 heteroatoms. The van der Waals surface area contributed by atoms with Crippen molar-refractivity contribution in [3.63, 3.8) is 0 Å². The summed E-state index contributed by atoms with van der Waals surface area (Å²) in [6.07, 6.45) is -3.49. The number of alkyl halides is 3. The molecule has 0 aliphatic carbocycles. The van der Waals surface area contributed by atoms with Crippen LogP contribution in [0.3, 0.4) is 0 Å². The van der Waals surface area contributed by atoms with Gasteiger partial charge in [-0.3, -0.25) is 4.90 Å². The van der Waals surface area contributed by atoms with Crippen LogP contribution in [-0.4, -0.2) is 24.0 Å². The van der Waals surface area contributed by atoms with Gasteiger partial charge in [-0.2, -0.15) is 13.2 Å². The van der Waals surface area contributed by atoms with Gasteiger partial charge in [-0.15, -0.1) is 12.4 Å². The summed E-state index contributed by atoms with van der Waals surface area (Å²) in [5.74, 6) is 0.313. The predicted octanol–water partition coefficient (Wildman–Crippen LogP) is 4.06. The second-order valence-corrected chi connectivity index (χ2v) is 6.38. The molecule has 0 radical (unpaired) electrons. The molecule has 2 N–H and O–H groups in total. The van der Waals surface area contributed by atoms with Gasteiger partial charge in [0.1, 0.15) is 0 Å². The van der Waals surface area contributed by atoms with Crippen LogP contribution in [0.2, 0.25) is 0 Å². The summed E-state index contributed by atoms with van der Waals surface area (Å²) in [4.78, 5) is 2.05. The van der Waals surface area contributed by atoms with E-state index >= 15 is 0 Å². The molecule has 0 spiro atoms. The zero-order valence-corrected chi connectivity index (χ0v) is 14.1. The summed E-state index contributed by atoms with van der Waals surface area (Å²) in [5.41, 5.74) is 5.70. The van der Waals surface area contributed by atoms with E-state index in [-0.39, 0.29) is 18.4 Å². The molecule has 1 saturated heterocycles. The van der Waals surface area contributed by atoms with Crippen LogP contribution >= 0.6 is 28.3 Å². The van der Waals surface area contributed by atoms with Crippen molar-refractivity contribution in [3.8, 4) is 0 Å². The highest BCUT2D eigenvalue weighted by Gasteiger charge is 2.34. The molecule has 1 heterocycles. The minimum Gasteiger partial charge on any atom is -0.327 e. The third-order valence-electron chi connectivity index (χ3n) is 3.83. The highest BCUT2D eigenvalue weighted by Crippen LogP contribution is 2.34. The normalized spacial score (nSPS) is 23.7. The number of benzene rings is 1. The first kappa shape index (κ1) is 18.7. The lowest BCUT2D eigenvalue weighted by Crippen LogP contribution is -2.45. The Hall–Kier alpha value is -0.300. The fraction of sp³-hybridized carbons (Fsp3) is 0.571. The average Bonchev–Trinajstić information content (AvgIpc) is 2.35. The minimum absolute atomic E-state index is 0. The van der Waals surface area contributed by atoms with Gasteiger partial charge in [-0.05, 0) is 36.6 Å². The van der Waals surface area contributed by atoms with Gasteiger partial charge in [0.05, 0.1) is 5.56 Å². The molecule has 2 atom stereocenters. The first-order chi connectivity index (χ1) is 9.27. The number of nitrogens with two attached hydrogens (primary N) is 1. The van der Waals surface area contributed by atoms with E-state index < -0.39 is 11.7 Å². The lowest BCUT2D eigenvalue weighted by atomic mass is 9.94. The zero-order valence-electron chi connectivity index (χ0n) is 11.7. The Bertz CT molecular complexity index is 482. The summed E-state index contributed by atoms with van der Waals surface area (Å²) in [7, 11) is 0. The van der Waals surface area contributed by atoms with E-state index in [9.17, 15) is 13.2 Å². The Kier molecular flexibility index (Phi) is 6.53. The molecular formula is C14H19BrClF3N2. The second-order valence-electron chi connectivity index (χ2n) is 5.46. The van der Waals surface area contributed by atoms with Crippen molar-refractivity contribution in [2.45, 2.75) is 32.1 Å². The van der Waals surface area contributed by atoms with Gasteiger partial charge in [0.2, 0.25) is 0 Å². The maximum absolute atomic E-state index is 13.1. The Morgan fingerprint density at radius 1 is 1.38 bits per heavy atom. The number of halogens is 5. The molecule has 2 rings (SSSR count). The summed E-state index contributed by atoms with van der Waals surface area (Å²) < 4.78 is 39.6. The lowest BCUT2D eigenvalue weighted by molar-refractivity contribution is -0.138. The van der Waals surface area contributed by atoms with Crippen LogP contribution in [0.4, 0.5) is 13.2 Å². The summed E-state index contributed by atoms with van der Waals surface area (Å²) in [5, 5.41) is 0. The van der Waals surface area contributed by atoms with Crippen LogP contribution in [0.5, 0.6) is 0 Å². The minimum atomic E-state index is -4.32. The molecule has 0 amide bonds. The Balaban J connectivity index is 0.00000220. The average molecular weight is 388 g/mol. The van der Waals surface area contributed by atoms with Crippen molar-refractivity contribution >= 4 is 28.3 Å². The first-order valence-corrected chi connectivity index (χ1v) is 7.40. The topological polar surface area (TPSA) is 29.3 Å². The molecule has 1 aromatic rings. The van der Waals surface area contributed by atoms with Gasteiger partial charge in [0.15, 0.2) is 0 Å². The van der Waals surface area contributed by atoms with Crippen LogP contribution in [0.25, 0.3) is 0 Å². The van der Waals surface area contributed by atoms with Crippen LogP contribution in [0.15, 0.2) is 22.7 Å². The fourth-order valence-corrected chi connectivity index (χ4v) is 2.95. The van der Waals surface area contributed by atoms with Crippen LogP contribution in [0.1, 0.15) is 24.5 Å². The number of hydrogen-bond donors (Lipinski definition) is 1. The van der Waals surface area contributed by atoms with Gasteiger partial charge in [-0.25, -0.2) is 0 Å². The van der Waals surface area contributed by atoms with Crippen LogP contribution in [-0.2, 0) is 12.7 Å². The largest absolute Gasteiger partial charge is 0.416 e. The number of nitrogens with zero attached hydrogens (tertiary/aromatic N) is 1. The summed E-state index contributed by atoms with van der Waals surface area (Å²) in [6, 6.07) is 4.50. The van der Waals surface area contributed by atoms with E-state index in [1.165, 1.54) is 0 Å². The number of hydrogen-bond acceptors (Lipinski definition) is 2. The number of rotatable bonds is 2. The smallest absolute Gasteiger partial charge is 0.327 e. The third kappa shape index (κ3) is 4.84. The van der Waals surface area contributed by atoms with Crippen molar-refractivity contribution in [1.29, 1.82) is 0 Å². The van der Waals surface area contributed by atoms with Gasteiger partial charge in [0.25, 0.3) is 0 Å². The molecule has 2 unspecified atom stereocenters. The highest BCUT2D eigenvalue weighted by atomic mass is 79.9. The van der Waals surface area contributed by atoms with Crippen molar-refractivity contribution < 1.29 is 13.2 Å². The lowest BCUT2D eigenvalue weighted by Gasteiger charge is -2.35. The van der Waals surface area contributed by atoms with Gasteiger partial charge in [0, 0.05) is 23.6 Å². The Morgan fingerprint density at radius 2 is 2.05 bits per heavy atom. The predicted molar refractivity (Wildman–Crippen MR) is 83.4 cm³/mol. The second kappa shape index (κ2) is 7.31. The van der Waals surface area contributed by atoms with Crippen LogP contribution < -0.4 is 5.73 Å². The van der Waals surface area contributed by atoms with E-state index in [1.54, 1.807) is 12.1 Å². The highest BCUT2D eigenvalue weighted by molar-refractivity contribution is 9.10. The van der Waals surface area contributed by atoms with E-state index in [0.717, 1.165) is 25.6 Å². The van der Waals surface area contributed by atoms with Gasteiger partial charge < -0.3 is 5.73 Å². The quantitative estimate of drug-likeness (QED) is 0.829. The van der Waals surface area contributed by atoms with Crippen molar-refractivity contribution in [2.75, 3.05) is 13.1 Å². The molecule has 0 bridgehead atoms. The Labute approximate surface area is 137 Å². The molecule has 21 heavy (non-hydrogen) atoms. The zero-order chi connectivity index (χ0) is 14.9. The van der Waals surface area contributed by atoms with E-state index in [2.05, 4.69) is 15.9 Å². The molecule has 0 aromatic heterocycles.